The lowest BCUT2D eigenvalue weighted by Crippen LogP contribution is -2.38. The van der Waals surface area contributed by atoms with Crippen molar-refractivity contribution in [1.29, 1.82) is 0 Å². The van der Waals surface area contributed by atoms with E-state index in [-0.39, 0.29) is 0 Å². The zero-order valence-corrected chi connectivity index (χ0v) is 13.4. The summed E-state index contributed by atoms with van der Waals surface area (Å²) in [5.41, 5.74) is 6.17. The van der Waals surface area contributed by atoms with Crippen molar-refractivity contribution in [3.8, 4) is 0 Å². The highest BCUT2D eigenvalue weighted by atomic mass is 79.9. The van der Waals surface area contributed by atoms with Gasteiger partial charge in [0.25, 0.3) is 0 Å². The molecule has 2 aliphatic rings. The van der Waals surface area contributed by atoms with Crippen LogP contribution in [-0.2, 0) is 0 Å². The Kier molecular flexibility index (Phi) is 4.12. The monoisotopic (exact) mass is 341 g/mol. The third kappa shape index (κ3) is 3.31. The molecule has 0 spiro atoms. The molecule has 1 aromatic heterocycles. The summed E-state index contributed by atoms with van der Waals surface area (Å²) in [5, 5.41) is 0. The molecule has 1 aliphatic heterocycles. The first-order chi connectivity index (χ1) is 9.24. The van der Waals surface area contributed by atoms with Crippen molar-refractivity contribution in [2.45, 2.75) is 44.1 Å². The topological polar surface area (TPSA) is 41.6 Å². The summed E-state index contributed by atoms with van der Waals surface area (Å²) in [5.74, 6) is 1.37. The fourth-order valence-electron chi connectivity index (χ4n) is 2.71. The predicted molar refractivity (Wildman–Crippen MR) is 84.8 cm³/mol. The van der Waals surface area contributed by atoms with Gasteiger partial charge in [-0.05, 0) is 47.3 Å². The lowest BCUT2D eigenvalue weighted by molar-refractivity contribution is 0.428. The summed E-state index contributed by atoms with van der Waals surface area (Å²) >= 11 is 5.34. The molecular formula is C14H20BrN3S. The molecule has 0 radical (unpaired) electrons. The van der Waals surface area contributed by atoms with Crippen molar-refractivity contribution in [3.63, 3.8) is 0 Å². The minimum Gasteiger partial charge on any atom is -0.370 e. The summed E-state index contributed by atoms with van der Waals surface area (Å²) in [4.78, 5) is 8.44. The van der Waals surface area contributed by atoms with Gasteiger partial charge < -0.3 is 10.6 Å². The number of aliphatic imine (C=N–C) groups is 1. The van der Waals surface area contributed by atoms with Gasteiger partial charge in [-0.3, -0.25) is 0 Å². The van der Waals surface area contributed by atoms with Gasteiger partial charge in [0.2, 0.25) is 0 Å². The number of halogens is 1. The molecule has 2 fully saturated rings. The van der Waals surface area contributed by atoms with Crippen molar-refractivity contribution >= 4 is 33.2 Å². The molecule has 0 aromatic carbocycles. The minimum atomic E-state index is 0.411. The van der Waals surface area contributed by atoms with Gasteiger partial charge >= 0.3 is 0 Å². The lowest BCUT2D eigenvalue weighted by Gasteiger charge is -2.21. The molecule has 1 aromatic rings. The Hall–Kier alpha value is -0.550. The maximum absolute atomic E-state index is 6.17. The number of nitrogens with zero attached hydrogens (tertiary/aromatic N) is 2. The Labute approximate surface area is 127 Å². The van der Waals surface area contributed by atoms with Gasteiger partial charge in [0, 0.05) is 23.9 Å². The summed E-state index contributed by atoms with van der Waals surface area (Å²) in [6.07, 6.45) is 6.32. The SMILES string of the molecule is NC(=N[C@@H]1C[C@H]1c1ccc(Br)s1)N1CCCCCC1. The smallest absolute Gasteiger partial charge is 0.191 e. The number of hydrogen-bond donors (Lipinski definition) is 1. The number of hydrogen-bond acceptors (Lipinski definition) is 2. The van der Waals surface area contributed by atoms with Crippen LogP contribution >= 0.6 is 27.3 Å². The van der Waals surface area contributed by atoms with Gasteiger partial charge in [0.05, 0.1) is 9.83 Å². The molecule has 1 saturated carbocycles. The largest absolute Gasteiger partial charge is 0.370 e. The Balaban J connectivity index is 1.60. The van der Waals surface area contributed by atoms with Crippen molar-refractivity contribution in [2.75, 3.05) is 13.1 Å². The second-order valence-corrected chi connectivity index (χ2v) is 7.93. The minimum absolute atomic E-state index is 0.411. The Morgan fingerprint density at radius 1 is 1.26 bits per heavy atom. The first-order valence-corrected chi connectivity index (χ1v) is 8.68. The highest BCUT2D eigenvalue weighted by molar-refractivity contribution is 9.11. The fourth-order valence-corrected chi connectivity index (χ4v) is 4.30. The lowest BCUT2D eigenvalue weighted by atomic mass is 10.2. The molecule has 1 saturated heterocycles. The zero-order chi connectivity index (χ0) is 13.2. The van der Waals surface area contributed by atoms with Crippen molar-refractivity contribution < 1.29 is 0 Å². The number of thiophene rings is 1. The Bertz CT molecular complexity index is 463. The van der Waals surface area contributed by atoms with Gasteiger partial charge in [-0.15, -0.1) is 11.3 Å². The van der Waals surface area contributed by atoms with E-state index in [0.717, 1.165) is 25.5 Å². The second kappa shape index (κ2) is 5.83. The van der Waals surface area contributed by atoms with Gasteiger partial charge in [0.1, 0.15) is 0 Å². The van der Waals surface area contributed by atoms with E-state index in [4.69, 9.17) is 10.7 Å². The number of likely N-dealkylation sites (tertiary alicyclic amines) is 1. The third-order valence-corrected chi connectivity index (χ3v) is 5.70. The van der Waals surface area contributed by atoms with Crippen LogP contribution in [-0.4, -0.2) is 30.0 Å². The van der Waals surface area contributed by atoms with Crippen LogP contribution in [0.1, 0.15) is 42.9 Å². The third-order valence-electron chi connectivity index (χ3n) is 3.94. The highest BCUT2D eigenvalue weighted by Crippen LogP contribution is 2.46. The van der Waals surface area contributed by atoms with Crippen molar-refractivity contribution in [2.24, 2.45) is 10.7 Å². The highest BCUT2D eigenvalue weighted by Gasteiger charge is 2.39. The summed E-state index contributed by atoms with van der Waals surface area (Å²) in [7, 11) is 0. The van der Waals surface area contributed by atoms with Crippen LogP contribution in [0.4, 0.5) is 0 Å². The standard InChI is InChI=1S/C14H20BrN3S/c15-13-6-5-12(19-13)10-9-11(10)17-14(16)18-7-3-1-2-4-8-18/h5-6,10-11H,1-4,7-9H2,(H2,16,17)/t10-,11-/m1/s1. The van der Waals surface area contributed by atoms with Gasteiger partial charge in [-0.1, -0.05) is 12.8 Å². The number of rotatable bonds is 2. The van der Waals surface area contributed by atoms with Crippen LogP contribution in [0.3, 0.4) is 0 Å². The maximum Gasteiger partial charge on any atom is 0.191 e. The van der Waals surface area contributed by atoms with Crippen LogP contribution < -0.4 is 5.73 Å². The van der Waals surface area contributed by atoms with E-state index in [9.17, 15) is 0 Å². The fraction of sp³-hybridized carbons (Fsp3) is 0.643. The summed E-state index contributed by atoms with van der Waals surface area (Å²) in [6, 6.07) is 4.74. The van der Waals surface area contributed by atoms with E-state index in [0.29, 0.717) is 12.0 Å². The molecule has 0 amide bonds. The number of guanidine groups is 1. The van der Waals surface area contributed by atoms with Crippen LogP contribution in [0, 0.1) is 0 Å². The molecule has 3 nitrogen and oxygen atoms in total. The molecule has 2 heterocycles. The first-order valence-electron chi connectivity index (χ1n) is 7.07. The predicted octanol–water partition coefficient (Wildman–Crippen LogP) is 3.56. The molecule has 19 heavy (non-hydrogen) atoms. The van der Waals surface area contributed by atoms with Gasteiger partial charge in [-0.2, -0.15) is 0 Å². The van der Waals surface area contributed by atoms with E-state index < -0.39 is 0 Å². The van der Waals surface area contributed by atoms with Crippen LogP contribution in [0.5, 0.6) is 0 Å². The summed E-state index contributed by atoms with van der Waals surface area (Å²) in [6.45, 7) is 2.16. The normalized spacial score (nSPS) is 28.3. The van der Waals surface area contributed by atoms with Crippen LogP contribution in [0.25, 0.3) is 0 Å². The average molecular weight is 342 g/mol. The molecule has 0 bridgehead atoms. The van der Waals surface area contributed by atoms with E-state index >= 15 is 0 Å². The van der Waals surface area contributed by atoms with Crippen LogP contribution in [0.15, 0.2) is 20.9 Å². The Morgan fingerprint density at radius 2 is 2.00 bits per heavy atom. The average Bonchev–Trinajstić information content (AvgIpc) is 3.09. The molecule has 5 heteroatoms. The molecule has 0 unspecified atom stereocenters. The maximum atomic E-state index is 6.17. The molecule has 2 atom stereocenters. The van der Waals surface area contributed by atoms with Crippen molar-refractivity contribution in [1.82, 2.24) is 4.90 Å². The van der Waals surface area contributed by atoms with Crippen LogP contribution in [0.2, 0.25) is 0 Å². The van der Waals surface area contributed by atoms with E-state index in [1.165, 1.54) is 34.3 Å². The first kappa shape index (κ1) is 13.4. The molecule has 2 N–H and O–H groups in total. The molecular weight excluding hydrogens is 322 g/mol. The van der Waals surface area contributed by atoms with Gasteiger partial charge in [0.15, 0.2) is 5.96 Å². The Morgan fingerprint density at radius 3 is 2.63 bits per heavy atom. The van der Waals surface area contributed by atoms with Gasteiger partial charge in [-0.25, -0.2) is 4.99 Å². The molecule has 104 valence electrons. The summed E-state index contributed by atoms with van der Waals surface area (Å²) < 4.78 is 1.21. The van der Waals surface area contributed by atoms with E-state index in [1.54, 1.807) is 0 Å². The quantitative estimate of drug-likeness (QED) is 0.660. The van der Waals surface area contributed by atoms with E-state index in [2.05, 4.69) is 33.0 Å². The molecule has 3 rings (SSSR count). The van der Waals surface area contributed by atoms with E-state index in [1.807, 2.05) is 11.3 Å². The molecule has 1 aliphatic carbocycles. The van der Waals surface area contributed by atoms with Crippen molar-refractivity contribution in [3.05, 3.63) is 20.8 Å². The zero-order valence-electron chi connectivity index (χ0n) is 11.0. The number of nitrogens with two attached hydrogens (primary N) is 1. The second-order valence-electron chi connectivity index (χ2n) is 5.44.